The number of benzene rings is 1. The third kappa shape index (κ3) is 5.04. The quantitative estimate of drug-likeness (QED) is 0.671. The molecule has 11 heteroatoms. The lowest BCUT2D eigenvalue weighted by molar-refractivity contribution is -0.146. The molecule has 9 nitrogen and oxygen atoms in total. The molecule has 0 aliphatic carbocycles. The molecule has 2 rings (SSSR count). The van der Waals surface area contributed by atoms with Crippen LogP contribution < -0.4 is 10.0 Å². The first-order chi connectivity index (χ1) is 12.2. The zero-order valence-corrected chi connectivity index (χ0v) is 15.5. The second kappa shape index (κ2) is 8.30. The summed E-state index contributed by atoms with van der Waals surface area (Å²) in [5.74, 6) is -1.43. The van der Waals surface area contributed by atoms with Crippen molar-refractivity contribution in [1.29, 1.82) is 0 Å². The Hall–Kier alpha value is -2.43. The number of hydrogen-bond acceptors (Lipinski definition) is 7. The van der Waals surface area contributed by atoms with Crippen molar-refractivity contribution in [3.8, 4) is 0 Å². The Morgan fingerprint density at radius 1 is 1.27 bits per heavy atom. The van der Waals surface area contributed by atoms with Crippen molar-refractivity contribution < 1.29 is 27.3 Å². The number of ether oxygens (including phenoxy) is 1. The summed E-state index contributed by atoms with van der Waals surface area (Å²) in [5, 5.41) is 6.34. The van der Waals surface area contributed by atoms with E-state index in [2.05, 4.69) is 15.2 Å². The molecule has 26 heavy (non-hydrogen) atoms. The minimum absolute atomic E-state index is 0.0995. The van der Waals surface area contributed by atoms with Gasteiger partial charge in [-0.25, -0.2) is 8.42 Å². The van der Waals surface area contributed by atoms with Crippen molar-refractivity contribution in [1.82, 2.24) is 9.88 Å². The van der Waals surface area contributed by atoms with Crippen LogP contribution in [0.15, 0.2) is 33.7 Å². The number of anilines is 1. The molecular formula is C15H16ClN3O6S. The molecule has 0 bridgehead atoms. The van der Waals surface area contributed by atoms with E-state index in [0.717, 1.165) is 0 Å². The fourth-order valence-corrected chi connectivity index (χ4v) is 3.51. The molecule has 1 amide bonds. The van der Waals surface area contributed by atoms with Gasteiger partial charge >= 0.3 is 5.97 Å². The fourth-order valence-electron chi connectivity index (χ4n) is 2.03. The van der Waals surface area contributed by atoms with Crippen LogP contribution in [0.5, 0.6) is 0 Å². The lowest BCUT2D eigenvalue weighted by Gasteiger charge is -2.08. The first kappa shape index (κ1) is 19.9. The molecule has 1 heterocycles. The molecule has 0 unspecified atom stereocenters. The average Bonchev–Trinajstić information content (AvgIpc) is 2.92. The van der Waals surface area contributed by atoms with Crippen LogP contribution >= 0.6 is 11.6 Å². The number of esters is 1. The fraction of sp³-hybridized carbons (Fsp3) is 0.267. The van der Waals surface area contributed by atoms with Gasteiger partial charge < -0.3 is 14.6 Å². The number of nitrogens with one attached hydrogen (secondary N) is 2. The molecular weight excluding hydrogens is 386 g/mol. The molecule has 0 aliphatic rings. The molecule has 140 valence electrons. The van der Waals surface area contributed by atoms with Gasteiger partial charge in [-0.15, -0.1) is 0 Å². The first-order valence-electron chi connectivity index (χ1n) is 7.33. The van der Waals surface area contributed by atoms with Crippen molar-refractivity contribution in [2.24, 2.45) is 0 Å². The highest BCUT2D eigenvalue weighted by atomic mass is 35.5. The maximum atomic E-state index is 12.1. The molecule has 0 saturated carbocycles. The molecule has 1 aromatic carbocycles. The van der Waals surface area contributed by atoms with Crippen molar-refractivity contribution in [3.05, 3.63) is 40.7 Å². The number of carbonyl (C=O) groups is 2. The number of sulfonamides is 1. The Morgan fingerprint density at radius 3 is 2.58 bits per heavy atom. The molecule has 0 fully saturated rings. The van der Waals surface area contributed by atoms with Crippen LogP contribution in [-0.2, 0) is 24.3 Å². The summed E-state index contributed by atoms with van der Waals surface area (Å²) in [5.41, 5.74) is 0.539. The van der Waals surface area contributed by atoms with Gasteiger partial charge in [0.15, 0.2) is 12.4 Å². The molecule has 0 radical (unpaired) electrons. The maximum Gasteiger partial charge on any atom is 0.321 e. The maximum absolute atomic E-state index is 12.1. The van der Waals surface area contributed by atoms with E-state index in [0.29, 0.717) is 10.7 Å². The number of aromatic nitrogens is 1. The Kier molecular flexibility index (Phi) is 6.35. The van der Waals surface area contributed by atoms with Gasteiger partial charge in [0.1, 0.15) is 17.1 Å². The molecule has 0 saturated heterocycles. The first-order valence-corrected chi connectivity index (χ1v) is 9.19. The second-order valence-corrected chi connectivity index (χ2v) is 7.28. The predicted molar refractivity (Wildman–Crippen MR) is 92.2 cm³/mol. The van der Waals surface area contributed by atoms with Crippen LogP contribution in [0.3, 0.4) is 0 Å². The topological polar surface area (TPSA) is 128 Å². The normalized spacial score (nSPS) is 11.2. The summed E-state index contributed by atoms with van der Waals surface area (Å²) in [6.45, 7) is 1.66. The van der Waals surface area contributed by atoms with E-state index in [4.69, 9.17) is 20.9 Å². The van der Waals surface area contributed by atoms with E-state index in [9.17, 15) is 18.0 Å². The lowest BCUT2D eigenvalue weighted by atomic mass is 10.3. The van der Waals surface area contributed by atoms with E-state index < -0.39 is 35.1 Å². The summed E-state index contributed by atoms with van der Waals surface area (Å²) >= 11 is 5.89. The number of hydrogen-bond donors (Lipinski definition) is 2. The van der Waals surface area contributed by atoms with Crippen LogP contribution in [0.4, 0.5) is 5.69 Å². The van der Waals surface area contributed by atoms with E-state index in [-0.39, 0.29) is 16.3 Å². The zero-order valence-electron chi connectivity index (χ0n) is 13.9. The number of halogens is 1. The number of carbonyl (C=O) groups excluding carboxylic acids is 2. The molecule has 2 N–H and O–H groups in total. The zero-order chi connectivity index (χ0) is 19.3. The Balaban J connectivity index is 1.84. The summed E-state index contributed by atoms with van der Waals surface area (Å²) in [6, 6.07) is 6.55. The van der Waals surface area contributed by atoms with Crippen molar-refractivity contribution >= 4 is 39.2 Å². The monoisotopic (exact) mass is 401 g/mol. The van der Waals surface area contributed by atoms with E-state index >= 15 is 0 Å². The van der Waals surface area contributed by atoms with Crippen LogP contribution in [0.2, 0.25) is 5.02 Å². The van der Waals surface area contributed by atoms with Gasteiger partial charge in [-0.3, -0.25) is 9.59 Å². The number of aryl methyl sites for hydroxylation is 2. The van der Waals surface area contributed by atoms with Gasteiger partial charge in [-0.2, -0.15) is 4.72 Å². The molecule has 1 aromatic heterocycles. The predicted octanol–water partition coefficient (Wildman–Crippen LogP) is 1.41. The molecule has 0 aliphatic heterocycles. The van der Waals surface area contributed by atoms with Gasteiger partial charge in [0.2, 0.25) is 10.0 Å². The SMILES string of the molecule is Cc1noc(C)c1S(=O)(=O)NCC(=O)OCC(=O)Nc1ccccc1Cl. The van der Waals surface area contributed by atoms with Crippen LogP contribution in [0.25, 0.3) is 0 Å². The second-order valence-electron chi connectivity index (χ2n) is 5.17. The summed E-state index contributed by atoms with van der Waals surface area (Å²) in [4.78, 5) is 23.3. The third-order valence-electron chi connectivity index (χ3n) is 3.16. The van der Waals surface area contributed by atoms with Crippen LogP contribution in [0.1, 0.15) is 11.5 Å². The highest BCUT2D eigenvalue weighted by Crippen LogP contribution is 2.20. The van der Waals surface area contributed by atoms with Crippen molar-refractivity contribution in [2.45, 2.75) is 18.7 Å². The summed E-state index contributed by atoms with van der Waals surface area (Å²) in [7, 11) is -3.99. The molecule has 0 spiro atoms. The Morgan fingerprint density at radius 2 is 1.96 bits per heavy atom. The Bertz CT molecular complexity index is 906. The lowest BCUT2D eigenvalue weighted by Crippen LogP contribution is -2.32. The largest absolute Gasteiger partial charge is 0.455 e. The van der Waals surface area contributed by atoms with Gasteiger partial charge in [0, 0.05) is 0 Å². The number of nitrogens with zero attached hydrogens (tertiary/aromatic N) is 1. The third-order valence-corrected chi connectivity index (χ3v) is 5.13. The molecule has 2 aromatic rings. The summed E-state index contributed by atoms with van der Waals surface area (Å²) in [6.07, 6.45) is 0. The van der Waals surface area contributed by atoms with Crippen molar-refractivity contribution in [2.75, 3.05) is 18.5 Å². The van der Waals surface area contributed by atoms with Gasteiger partial charge in [-0.1, -0.05) is 28.9 Å². The highest BCUT2D eigenvalue weighted by molar-refractivity contribution is 7.89. The minimum atomic E-state index is -3.99. The number of rotatable bonds is 7. The highest BCUT2D eigenvalue weighted by Gasteiger charge is 2.25. The average molecular weight is 402 g/mol. The van der Waals surface area contributed by atoms with Gasteiger partial charge in [-0.05, 0) is 26.0 Å². The standard InChI is InChI=1S/C15H16ClN3O6S/c1-9-15(10(2)25-19-9)26(22,23)17-7-14(21)24-8-13(20)18-12-6-4-3-5-11(12)16/h3-6,17H,7-8H2,1-2H3,(H,18,20). The van der Waals surface area contributed by atoms with E-state index in [1.165, 1.54) is 13.8 Å². The van der Waals surface area contributed by atoms with E-state index in [1.54, 1.807) is 24.3 Å². The van der Waals surface area contributed by atoms with Crippen molar-refractivity contribution in [3.63, 3.8) is 0 Å². The van der Waals surface area contributed by atoms with Crippen LogP contribution in [-0.4, -0.2) is 38.6 Å². The van der Waals surface area contributed by atoms with Crippen LogP contribution in [0, 0.1) is 13.8 Å². The van der Waals surface area contributed by atoms with Gasteiger partial charge in [0.05, 0.1) is 10.7 Å². The number of amides is 1. The number of para-hydroxylation sites is 1. The molecule has 0 atom stereocenters. The van der Waals surface area contributed by atoms with Gasteiger partial charge in [0.25, 0.3) is 5.91 Å². The smallest absolute Gasteiger partial charge is 0.321 e. The minimum Gasteiger partial charge on any atom is -0.455 e. The Labute approximate surface area is 154 Å². The summed E-state index contributed by atoms with van der Waals surface area (Å²) < 4.78 is 35.9. The van der Waals surface area contributed by atoms with E-state index in [1.807, 2.05) is 0 Å².